The van der Waals surface area contributed by atoms with Crippen LogP contribution in [0.5, 0.6) is 0 Å². The predicted octanol–water partition coefficient (Wildman–Crippen LogP) is 4.26. The van der Waals surface area contributed by atoms with E-state index < -0.39 is 0 Å². The minimum Gasteiger partial charge on any atom is -0.343 e. The van der Waals surface area contributed by atoms with Gasteiger partial charge in [-0.05, 0) is 35.2 Å². The van der Waals surface area contributed by atoms with Crippen molar-refractivity contribution in [3.05, 3.63) is 70.3 Å². The Kier molecular flexibility index (Phi) is 3.22. The molecule has 2 nitrogen and oxygen atoms in total. The highest BCUT2D eigenvalue weighted by atomic mass is 79.9. The first-order chi connectivity index (χ1) is 9.26. The summed E-state index contributed by atoms with van der Waals surface area (Å²) in [5, 5.41) is 1.16. The summed E-state index contributed by atoms with van der Waals surface area (Å²) in [6, 6.07) is 16.1. The first-order valence-corrected chi connectivity index (χ1v) is 6.84. The number of benzene rings is 2. The molecule has 2 aromatic carbocycles. The number of rotatable bonds is 3. The Morgan fingerprint density at radius 3 is 2.58 bits per heavy atom. The molecule has 3 rings (SSSR count). The van der Waals surface area contributed by atoms with Crippen LogP contribution >= 0.6 is 15.9 Å². The van der Waals surface area contributed by atoms with E-state index in [1.807, 2.05) is 30.3 Å². The summed E-state index contributed by atoms with van der Waals surface area (Å²) in [6.45, 7) is 0.805. The molecule has 94 valence electrons. The molecule has 0 fully saturated rings. The summed E-state index contributed by atoms with van der Waals surface area (Å²) in [6.07, 6.45) is 2.94. The van der Waals surface area contributed by atoms with Crippen LogP contribution in [0.15, 0.2) is 59.2 Å². The smallest absolute Gasteiger partial charge is 0.150 e. The Morgan fingerprint density at radius 2 is 1.84 bits per heavy atom. The van der Waals surface area contributed by atoms with Gasteiger partial charge in [0.15, 0.2) is 0 Å². The van der Waals surface area contributed by atoms with Crippen molar-refractivity contribution in [2.75, 3.05) is 0 Å². The maximum atomic E-state index is 10.9. The van der Waals surface area contributed by atoms with Crippen LogP contribution in [-0.2, 0) is 6.54 Å². The number of carbonyl (C=O) groups is 1. The van der Waals surface area contributed by atoms with E-state index in [0.717, 1.165) is 28.2 Å². The molecule has 0 unspecified atom stereocenters. The third-order valence-electron chi connectivity index (χ3n) is 3.20. The number of aldehydes is 1. The van der Waals surface area contributed by atoms with Gasteiger partial charge in [-0.3, -0.25) is 4.79 Å². The standard InChI is InChI=1S/C16H12BrNO/c17-15-5-2-12(3-6-15)10-18-8-7-14-4-1-13(11-19)9-16(14)18/h1-9,11H,10H2. The molecule has 0 radical (unpaired) electrons. The second-order valence-electron chi connectivity index (χ2n) is 4.51. The average Bonchev–Trinajstić information content (AvgIpc) is 2.84. The fraction of sp³-hybridized carbons (Fsp3) is 0.0625. The number of fused-ring (bicyclic) bond motifs is 1. The van der Waals surface area contributed by atoms with Crippen LogP contribution in [0.3, 0.4) is 0 Å². The highest BCUT2D eigenvalue weighted by Crippen LogP contribution is 2.19. The number of halogens is 1. The van der Waals surface area contributed by atoms with Gasteiger partial charge in [0.2, 0.25) is 0 Å². The zero-order valence-corrected chi connectivity index (χ0v) is 11.8. The number of hydrogen-bond acceptors (Lipinski definition) is 1. The van der Waals surface area contributed by atoms with E-state index in [1.54, 1.807) is 0 Å². The van der Waals surface area contributed by atoms with Crippen molar-refractivity contribution in [2.45, 2.75) is 6.54 Å². The quantitative estimate of drug-likeness (QED) is 0.662. The zero-order valence-electron chi connectivity index (χ0n) is 10.2. The molecule has 0 aliphatic heterocycles. The highest BCUT2D eigenvalue weighted by molar-refractivity contribution is 9.10. The summed E-state index contributed by atoms with van der Waals surface area (Å²) < 4.78 is 3.24. The van der Waals surface area contributed by atoms with Crippen molar-refractivity contribution >= 4 is 33.1 Å². The van der Waals surface area contributed by atoms with E-state index in [2.05, 4.69) is 44.9 Å². The predicted molar refractivity (Wildman–Crippen MR) is 80.6 cm³/mol. The van der Waals surface area contributed by atoms with E-state index in [4.69, 9.17) is 0 Å². The van der Waals surface area contributed by atoms with Gasteiger partial charge >= 0.3 is 0 Å². The van der Waals surface area contributed by atoms with Crippen LogP contribution in [0, 0.1) is 0 Å². The average molecular weight is 314 g/mol. The van der Waals surface area contributed by atoms with Gasteiger partial charge in [-0.25, -0.2) is 0 Å². The van der Waals surface area contributed by atoms with Gasteiger partial charge in [-0.15, -0.1) is 0 Å². The molecular formula is C16H12BrNO. The third kappa shape index (κ3) is 2.47. The molecule has 0 bridgehead atoms. The fourth-order valence-corrected chi connectivity index (χ4v) is 2.46. The lowest BCUT2D eigenvalue weighted by Gasteiger charge is -2.06. The normalized spacial score (nSPS) is 10.8. The Morgan fingerprint density at radius 1 is 1.05 bits per heavy atom. The molecule has 0 N–H and O–H groups in total. The molecule has 0 spiro atoms. The van der Waals surface area contributed by atoms with Gasteiger partial charge in [0.05, 0.1) is 0 Å². The summed E-state index contributed by atoms with van der Waals surface area (Å²) in [5.74, 6) is 0. The molecule has 0 saturated heterocycles. The third-order valence-corrected chi connectivity index (χ3v) is 3.73. The molecule has 19 heavy (non-hydrogen) atoms. The van der Waals surface area contributed by atoms with E-state index in [1.165, 1.54) is 5.56 Å². The van der Waals surface area contributed by atoms with Crippen LogP contribution in [0.25, 0.3) is 10.9 Å². The van der Waals surface area contributed by atoms with Crippen molar-refractivity contribution in [1.29, 1.82) is 0 Å². The number of nitrogens with zero attached hydrogens (tertiary/aromatic N) is 1. The van der Waals surface area contributed by atoms with Crippen LogP contribution in [0.2, 0.25) is 0 Å². The first kappa shape index (κ1) is 12.2. The molecule has 0 atom stereocenters. The summed E-state index contributed by atoms with van der Waals surface area (Å²) >= 11 is 3.44. The number of carbonyl (C=O) groups excluding carboxylic acids is 1. The minimum absolute atomic E-state index is 0.711. The Balaban J connectivity index is 2.00. The van der Waals surface area contributed by atoms with E-state index >= 15 is 0 Å². The summed E-state index contributed by atoms with van der Waals surface area (Å²) in [5.41, 5.74) is 3.04. The minimum atomic E-state index is 0.711. The second-order valence-corrected chi connectivity index (χ2v) is 5.42. The molecule has 1 heterocycles. The second kappa shape index (κ2) is 5.02. The monoisotopic (exact) mass is 313 g/mol. The maximum Gasteiger partial charge on any atom is 0.150 e. The molecule has 0 aliphatic carbocycles. The topological polar surface area (TPSA) is 22.0 Å². The molecule has 3 heteroatoms. The fourth-order valence-electron chi connectivity index (χ4n) is 2.20. The SMILES string of the molecule is O=Cc1ccc2ccn(Cc3ccc(Br)cc3)c2c1. The van der Waals surface area contributed by atoms with Crippen molar-refractivity contribution in [3.8, 4) is 0 Å². The lowest BCUT2D eigenvalue weighted by molar-refractivity contribution is 0.112. The lowest BCUT2D eigenvalue weighted by atomic mass is 10.2. The lowest BCUT2D eigenvalue weighted by Crippen LogP contribution is -1.97. The van der Waals surface area contributed by atoms with Crippen molar-refractivity contribution in [2.24, 2.45) is 0 Å². The van der Waals surface area contributed by atoms with Crippen LogP contribution < -0.4 is 0 Å². The molecule has 0 aliphatic rings. The van der Waals surface area contributed by atoms with Crippen molar-refractivity contribution in [1.82, 2.24) is 4.57 Å². The largest absolute Gasteiger partial charge is 0.343 e. The van der Waals surface area contributed by atoms with E-state index in [0.29, 0.717) is 5.56 Å². The number of aromatic nitrogens is 1. The van der Waals surface area contributed by atoms with Gasteiger partial charge in [0, 0.05) is 28.3 Å². The van der Waals surface area contributed by atoms with Crippen molar-refractivity contribution in [3.63, 3.8) is 0 Å². The molecular weight excluding hydrogens is 302 g/mol. The Hall–Kier alpha value is -1.87. The van der Waals surface area contributed by atoms with E-state index in [9.17, 15) is 4.79 Å². The van der Waals surface area contributed by atoms with Gasteiger partial charge < -0.3 is 4.57 Å². The van der Waals surface area contributed by atoms with Gasteiger partial charge in [-0.2, -0.15) is 0 Å². The Bertz CT molecular complexity index is 728. The molecule has 3 aromatic rings. The summed E-state index contributed by atoms with van der Waals surface area (Å²) in [7, 11) is 0. The van der Waals surface area contributed by atoms with E-state index in [-0.39, 0.29) is 0 Å². The molecule has 0 amide bonds. The van der Waals surface area contributed by atoms with Crippen LogP contribution in [0.4, 0.5) is 0 Å². The van der Waals surface area contributed by atoms with Crippen molar-refractivity contribution < 1.29 is 4.79 Å². The van der Waals surface area contributed by atoms with Gasteiger partial charge in [-0.1, -0.05) is 40.2 Å². The first-order valence-electron chi connectivity index (χ1n) is 6.05. The summed E-state index contributed by atoms with van der Waals surface area (Å²) in [4.78, 5) is 10.9. The molecule has 1 aromatic heterocycles. The van der Waals surface area contributed by atoms with Gasteiger partial charge in [0.1, 0.15) is 6.29 Å². The van der Waals surface area contributed by atoms with Gasteiger partial charge in [0.25, 0.3) is 0 Å². The van der Waals surface area contributed by atoms with Crippen LogP contribution in [0.1, 0.15) is 15.9 Å². The van der Waals surface area contributed by atoms with Crippen LogP contribution in [-0.4, -0.2) is 10.9 Å². The molecule has 0 saturated carbocycles. The zero-order chi connectivity index (χ0) is 13.2. The maximum absolute atomic E-state index is 10.9. The Labute approximate surface area is 119 Å². The highest BCUT2D eigenvalue weighted by Gasteiger charge is 2.03. The number of hydrogen-bond donors (Lipinski definition) is 0.